The average molecular weight is 436 g/mol. The van der Waals surface area contributed by atoms with E-state index in [1.807, 2.05) is 0 Å². The van der Waals surface area contributed by atoms with Crippen molar-refractivity contribution in [3.8, 4) is 0 Å². The number of carbonyl (C=O) groups is 1. The average Bonchev–Trinajstić information content (AvgIpc) is 2.70. The molecular weight excluding hydrogens is 412 g/mol. The molecule has 162 valence electrons. The van der Waals surface area contributed by atoms with Crippen molar-refractivity contribution in [1.29, 1.82) is 0 Å². The molecule has 1 aromatic carbocycles. The molecule has 0 spiro atoms. The zero-order valence-electron chi connectivity index (χ0n) is 15.8. The van der Waals surface area contributed by atoms with Gasteiger partial charge in [0.15, 0.2) is 0 Å². The van der Waals surface area contributed by atoms with Crippen LogP contribution in [0.3, 0.4) is 0 Å². The Hall–Kier alpha value is -1.68. The maximum absolute atomic E-state index is 15.3. The van der Waals surface area contributed by atoms with Crippen molar-refractivity contribution in [3.63, 3.8) is 0 Å². The molecule has 0 aromatic heterocycles. The van der Waals surface area contributed by atoms with Gasteiger partial charge in [-0.05, 0) is 63.3 Å². The van der Waals surface area contributed by atoms with E-state index in [0.717, 1.165) is 44.0 Å². The zero-order chi connectivity index (χ0) is 21.3. The summed E-state index contributed by atoms with van der Waals surface area (Å²) in [6, 6.07) is 2.51. The quantitative estimate of drug-likeness (QED) is 0.710. The van der Waals surface area contributed by atoms with Crippen molar-refractivity contribution in [3.05, 3.63) is 29.8 Å². The van der Waals surface area contributed by atoms with E-state index in [0.29, 0.717) is 6.07 Å². The number of amides is 1. The molecule has 1 amide bonds. The number of rotatable bonds is 4. The highest BCUT2D eigenvalue weighted by atomic mass is 32.2. The number of hydrogen-bond donors (Lipinski definition) is 2. The smallest absolute Gasteiger partial charge is 0.352 e. The van der Waals surface area contributed by atoms with Crippen LogP contribution in [0, 0.1) is 0 Å². The van der Waals surface area contributed by atoms with E-state index in [9.17, 15) is 26.4 Å². The number of benzene rings is 1. The third kappa shape index (κ3) is 4.74. The molecule has 2 N–H and O–H groups in total. The van der Waals surface area contributed by atoms with Crippen molar-refractivity contribution < 1.29 is 30.8 Å². The topological polar surface area (TPSA) is 75.3 Å². The minimum absolute atomic E-state index is 0.104. The van der Waals surface area contributed by atoms with E-state index in [1.54, 1.807) is 0 Å². The molecule has 1 aliphatic carbocycles. The summed E-state index contributed by atoms with van der Waals surface area (Å²) < 4.78 is 79.4. The molecule has 1 atom stereocenters. The molecule has 1 saturated carbocycles. The first-order valence-corrected chi connectivity index (χ1v) is 11.2. The number of hydrogen-bond acceptors (Lipinski definition) is 4. The van der Waals surface area contributed by atoms with Gasteiger partial charge < -0.3 is 10.6 Å². The first kappa shape index (κ1) is 22.0. The largest absolute Gasteiger partial charge is 0.416 e. The van der Waals surface area contributed by atoms with Crippen molar-refractivity contribution in [2.24, 2.45) is 0 Å². The normalized spacial score (nSPS) is 28.7. The maximum Gasteiger partial charge on any atom is 0.416 e. The maximum atomic E-state index is 15.3. The van der Waals surface area contributed by atoms with Crippen LogP contribution in [0.2, 0.25) is 0 Å². The molecule has 0 bridgehead atoms. The lowest BCUT2D eigenvalue weighted by molar-refractivity contribution is -0.137. The monoisotopic (exact) mass is 436 g/mol. The van der Waals surface area contributed by atoms with Gasteiger partial charge in [-0.3, -0.25) is 4.79 Å². The summed E-state index contributed by atoms with van der Waals surface area (Å²) in [7, 11) is -4.61. The molecular formula is C19H24F4N2O3S. The van der Waals surface area contributed by atoms with E-state index < -0.39 is 31.5 Å². The molecule has 29 heavy (non-hydrogen) atoms. The molecule has 2 fully saturated rings. The molecule has 0 radical (unpaired) electrons. The summed E-state index contributed by atoms with van der Waals surface area (Å²) in [6.45, 7) is 0.756. The lowest BCUT2D eigenvalue weighted by atomic mass is 9.93. The summed E-state index contributed by atoms with van der Waals surface area (Å²) in [5.41, 5.74) is -1.14. The lowest BCUT2D eigenvalue weighted by Crippen LogP contribution is -2.51. The Morgan fingerprint density at radius 2 is 1.83 bits per heavy atom. The van der Waals surface area contributed by atoms with Crippen molar-refractivity contribution in [1.82, 2.24) is 10.6 Å². The van der Waals surface area contributed by atoms with Crippen LogP contribution in [-0.4, -0.2) is 38.0 Å². The summed E-state index contributed by atoms with van der Waals surface area (Å²) in [5.74, 6) is -0.179. The van der Waals surface area contributed by atoms with Gasteiger partial charge in [-0.25, -0.2) is 12.8 Å². The van der Waals surface area contributed by atoms with Gasteiger partial charge in [0.2, 0.25) is 20.7 Å². The zero-order valence-corrected chi connectivity index (χ0v) is 16.6. The fourth-order valence-corrected chi connectivity index (χ4v) is 5.63. The van der Waals surface area contributed by atoms with Crippen LogP contribution in [0.25, 0.3) is 0 Å². The van der Waals surface area contributed by atoms with Gasteiger partial charge in [-0.2, -0.15) is 13.2 Å². The van der Waals surface area contributed by atoms with E-state index >= 15 is 4.39 Å². The Labute approximate surface area is 167 Å². The van der Waals surface area contributed by atoms with Crippen LogP contribution in [0.4, 0.5) is 17.6 Å². The highest BCUT2D eigenvalue weighted by molar-refractivity contribution is 7.92. The first-order valence-electron chi connectivity index (χ1n) is 9.67. The van der Waals surface area contributed by atoms with Crippen molar-refractivity contribution in [2.45, 2.75) is 73.1 Å². The van der Waals surface area contributed by atoms with Crippen LogP contribution >= 0.6 is 0 Å². The van der Waals surface area contributed by atoms with Gasteiger partial charge in [0.1, 0.15) is 0 Å². The second-order valence-corrected chi connectivity index (χ2v) is 9.91. The van der Waals surface area contributed by atoms with Gasteiger partial charge in [-0.1, -0.05) is 12.5 Å². The molecule has 1 aromatic rings. The standard InChI is InChI=1S/C19H24F4N2O3S/c20-18(29(27,28)15-5-3-4-13(12-15)19(21,22)23)9-7-14(8-10-18)25-17(26)16-6-1-2-11-24-16/h3-5,12,14,16,24H,1-2,6-11H2,(H,25,26)/t14-,16-,18+/m0/s1. The third-order valence-electron chi connectivity index (χ3n) is 5.66. The van der Waals surface area contributed by atoms with Gasteiger partial charge >= 0.3 is 6.18 Å². The van der Waals surface area contributed by atoms with Gasteiger partial charge in [0, 0.05) is 6.04 Å². The van der Waals surface area contributed by atoms with E-state index in [1.165, 1.54) is 0 Å². The predicted molar refractivity (Wildman–Crippen MR) is 98.5 cm³/mol. The molecule has 5 nitrogen and oxygen atoms in total. The highest BCUT2D eigenvalue weighted by Crippen LogP contribution is 2.41. The summed E-state index contributed by atoms with van der Waals surface area (Å²) >= 11 is 0. The predicted octanol–water partition coefficient (Wildman–Crippen LogP) is 3.35. The van der Waals surface area contributed by atoms with Crippen LogP contribution in [0.1, 0.15) is 50.5 Å². The van der Waals surface area contributed by atoms with E-state index in [-0.39, 0.29) is 43.7 Å². The van der Waals surface area contributed by atoms with Gasteiger partial charge in [0.25, 0.3) is 0 Å². The number of piperidine rings is 1. The van der Waals surface area contributed by atoms with Crippen LogP contribution in [-0.2, 0) is 20.8 Å². The molecule has 0 unspecified atom stereocenters. The van der Waals surface area contributed by atoms with Gasteiger partial charge in [-0.15, -0.1) is 0 Å². The lowest BCUT2D eigenvalue weighted by Gasteiger charge is -2.34. The molecule has 1 saturated heterocycles. The van der Waals surface area contributed by atoms with Crippen LogP contribution in [0.15, 0.2) is 29.2 Å². The van der Waals surface area contributed by atoms with E-state index in [2.05, 4.69) is 10.6 Å². The second-order valence-electron chi connectivity index (χ2n) is 7.70. The third-order valence-corrected chi connectivity index (χ3v) is 7.90. The number of sulfone groups is 1. The Bertz CT molecular complexity index is 843. The fourth-order valence-electron chi connectivity index (χ4n) is 3.89. The number of nitrogens with one attached hydrogen (secondary N) is 2. The van der Waals surface area contributed by atoms with Crippen molar-refractivity contribution >= 4 is 15.7 Å². The first-order chi connectivity index (χ1) is 13.5. The molecule has 10 heteroatoms. The Balaban J connectivity index is 1.67. The van der Waals surface area contributed by atoms with Gasteiger partial charge in [0.05, 0.1) is 16.5 Å². The van der Waals surface area contributed by atoms with E-state index in [4.69, 9.17) is 0 Å². The summed E-state index contributed by atoms with van der Waals surface area (Å²) in [6.07, 6.45) is -2.60. The molecule has 3 rings (SSSR count). The number of alkyl halides is 4. The Kier molecular flexibility index (Phi) is 6.24. The number of carbonyl (C=O) groups excluding carboxylic acids is 1. The van der Waals surface area contributed by atoms with Crippen LogP contribution in [0.5, 0.6) is 0 Å². The minimum atomic E-state index is -4.72. The Morgan fingerprint density at radius 3 is 2.41 bits per heavy atom. The molecule has 2 aliphatic rings. The Morgan fingerprint density at radius 1 is 1.14 bits per heavy atom. The second kappa shape index (κ2) is 8.22. The molecule has 1 heterocycles. The van der Waals surface area contributed by atoms with Crippen LogP contribution < -0.4 is 10.6 Å². The highest BCUT2D eigenvalue weighted by Gasteiger charge is 2.48. The minimum Gasteiger partial charge on any atom is -0.352 e. The SMILES string of the molecule is O=C(N[C@H]1CC[C@@](F)(S(=O)(=O)c2cccc(C(F)(F)F)c2)CC1)[C@@H]1CCCCN1. The summed E-state index contributed by atoms with van der Waals surface area (Å²) in [5, 5.41) is 3.30. The number of halogens is 4. The van der Waals surface area contributed by atoms with Crippen molar-refractivity contribution in [2.75, 3.05) is 6.54 Å². The molecule has 1 aliphatic heterocycles. The summed E-state index contributed by atoms with van der Waals surface area (Å²) in [4.78, 5) is 11.6. The fraction of sp³-hybridized carbons (Fsp3) is 0.632.